The normalized spacial score (nSPS) is 14.6. The highest BCUT2D eigenvalue weighted by Crippen LogP contribution is 2.31. The average Bonchev–Trinajstić information content (AvgIpc) is 3.52. The SMILES string of the molecule is CCOc1ccc2nc(NC(=O)c3csc(C4CCN(Cc5ccc(C#N)cc5)CC4)n3)[nH]c2c1. The quantitative estimate of drug-likeness (QED) is 0.384. The summed E-state index contributed by atoms with van der Waals surface area (Å²) in [6, 6.07) is 15.5. The second-order valence-corrected chi connectivity index (χ2v) is 9.47. The molecular formula is C26H26N6O2S. The second kappa shape index (κ2) is 10.3. The maximum atomic E-state index is 12.8. The molecule has 0 unspecified atom stereocenters. The highest BCUT2D eigenvalue weighted by molar-refractivity contribution is 7.10. The van der Waals surface area contributed by atoms with E-state index >= 15 is 0 Å². The summed E-state index contributed by atoms with van der Waals surface area (Å²) in [6.07, 6.45) is 2.02. The van der Waals surface area contributed by atoms with Gasteiger partial charge in [0.15, 0.2) is 0 Å². The molecular weight excluding hydrogens is 460 g/mol. The van der Waals surface area contributed by atoms with E-state index in [1.54, 1.807) is 11.3 Å². The number of anilines is 1. The van der Waals surface area contributed by atoms with Crippen molar-refractivity contribution in [3.63, 3.8) is 0 Å². The van der Waals surface area contributed by atoms with Crippen LogP contribution in [0.2, 0.25) is 0 Å². The zero-order chi connectivity index (χ0) is 24.2. The predicted octanol–water partition coefficient (Wildman–Crippen LogP) is 4.92. The lowest BCUT2D eigenvalue weighted by atomic mass is 9.97. The van der Waals surface area contributed by atoms with Crippen molar-refractivity contribution >= 4 is 34.2 Å². The van der Waals surface area contributed by atoms with Gasteiger partial charge in [0.1, 0.15) is 11.4 Å². The lowest BCUT2D eigenvalue weighted by molar-refractivity contribution is 0.102. The molecule has 8 nitrogen and oxygen atoms in total. The molecule has 0 atom stereocenters. The molecule has 0 saturated carbocycles. The van der Waals surface area contributed by atoms with Crippen LogP contribution in [0.3, 0.4) is 0 Å². The molecule has 1 saturated heterocycles. The van der Waals surface area contributed by atoms with Gasteiger partial charge >= 0.3 is 0 Å². The number of ether oxygens (including phenoxy) is 1. The first-order valence-electron chi connectivity index (χ1n) is 11.7. The number of hydrogen-bond acceptors (Lipinski definition) is 7. The summed E-state index contributed by atoms with van der Waals surface area (Å²) in [5, 5.41) is 14.6. The molecule has 2 N–H and O–H groups in total. The number of likely N-dealkylation sites (tertiary alicyclic amines) is 1. The van der Waals surface area contributed by atoms with E-state index in [4.69, 9.17) is 10.00 Å². The fourth-order valence-corrected chi connectivity index (χ4v) is 5.31. The number of benzene rings is 2. The standard InChI is InChI=1S/C26H26N6O2S/c1-2-34-20-7-8-21-22(13-20)30-26(29-21)31-24(33)23-16-35-25(28-23)19-9-11-32(12-10-19)15-18-5-3-17(14-27)4-6-18/h3-8,13,16,19H,2,9-12,15H2,1H3,(H2,29,30,31,33). The summed E-state index contributed by atoms with van der Waals surface area (Å²) >= 11 is 1.55. The number of aromatic amines is 1. The van der Waals surface area contributed by atoms with Crippen molar-refractivity contribution in [2.24, 2.45) is 0 Å². The van der Waals surface area contributed by atoms with Gasteiger partial charge in [0, 0.05) is 23.9 Å². The molecule has 3 heterocycles. The van der Waals surface area contributed by atoms with Gasteiger partial charge in [-0.05, 0) is 62.7 Å². The third-order valence-corrected chi connectivity index (χ3v) is 7.18. The second-order valence-electron chi connectivity index (χ2n) is 8.58. The molecule has 9 heteroatoms. The summed E-state index contributed by atoms with van der Waals surface area (Å²) in [5.41, 5.74) is 3.89. The molecule has 5 rings (SSSR count). The Labute approximate surface area is 207 Å². The van der Waals surface area contributed by atoms with E-state index in [9.17, 15) is 4.79 Å². The van der Waals surface area contributed by atoms with Crippen LogP contribution in [0.15, 0.2) is 47.8 Å². The fourth-order valence-electron chi connectivity index (χ4n) is 4.34. The molecule has 0 bridgehead atoms. The molecule has 1 amide bonds. The van der Waals surface area contributed by atoms with E-state index in [-0.39, 0.29) is 5.91 Å². The zero-order valence-electron chi connectivity index (χ0n) is 19.5. The van der Waals surface area contributed by atoms with Crippen molar-refractivity contribution in [1.82, 2.24) is 19.9 Å². The monoisotopic (exact) mass is 486 g/mol. The van der Waals surface area contributed by atoms with Crippen LogP contribution in [0.25, 0.3) is 11.0 Å². The minimum absolute atomic E-state index is 0.269. The van der Waals surface area contributed by atoms with Crippen molar-refractivity contribution < 1.29 is 9.53 Å². The van der Waals surface area contributed by atoms with Crippen LogP contribution in [-0.2, 0) is 6.54 Å². The van der Waals surface area contributed by atoms with E-state index in [2.05, 4.69) is 31.2 Å². The maximum Gasteiger partial charge on any atom is 0.277 e. The van der Waals surface area contributed by atoms with E-state index in [0.717, 1.165) is 54.3 Å². The molecule has 1 aliphatic rings. The number of amides is 1. The van der Waals surface area contributed by atoms with E-state index in [1.807, 2.05) is 54.8 Å². The smallest absolute Gasteiger partial charge is 0.277 e. The number of carbonyl (C=O) groups is 1. The number of imidazole rings is 1. The van der Waals surface area contributed by atoms with Crippen LogP contribution in [0.1, 0.15) is 52.3 Å². The Morgan fingerprint density at radius 3 is 2.77 bits per heavy atom. The van der Waals surface area contributed by atoms with Gasteiger partial charge in [0.05, 0.1) is 34.3 Å². The molecule has 0 radical (unpaired) electrons. The number of aromatic nitrogens is 3. The van der Waals surface area contributed by atoms with E-state index < -0.39 is 0 Å². The third kappa shape index (κ3) is 5.34. The van der Waals surface area contributed by atoms with Crippen molar-refractivity contribution in [1.29, 1.82) is 5.26 Å². The van der Waals surface area contributed by atoms with E-state index in [0.29, 0.717) is 29.7 Å². The van der Waals surface area contributed by atoms with E-state index in [1.165, 1.54) is 5.56 Å². The topological polar surface area (TPSA) is 107 Å². The third-order valence-electron chi connectivity index (χ3n) is 6.18. The first-order valence-corrected chi connectivity index (χ1v) is 12.6. The fraction of sp³-hybridized carbons (Fsp3) is 0.308. The van der Waals surface area contributed by atoms with Crippen molar-refractivity contribution in [3.8, 4) is 11.8 Å². The number of rotatable bonds is 7. The van der Waals surface area contributed by atoms with Gasteiger partial charge in [-0.1, -0.05) is 12.1 Å². The Hall–Kier alpha value is -3.74. The van der Waals surface area contributed by atoms with Gasteiger partial charge in [-0.3, -0.25) is 15.0 Å². The van der Waals surface area contributed by atoms with Crippen LogP contribution < -0.4 is 10.1 Å². The van der Waals surface area contributed by atoms with Crippen LogP contribution in [0.4, 0.5) is 5.95 Å². The number of thiazole rings is 1. The Kier molecular flexibility index (Phi) is 6.75. The first-order chi connectivity index (χ1) is 17.1. The Bertz CT molecular complexity index is 1360. The van der Waals surface area contributed by atoms with Crippen molar-refractivity contribution in [3.05, 3.63) is 69.7 Å². The van der Waals surface area contributed by atoms with Crippen LogP contribution in [0, 0.1) is 11.3 Å². The Morgan fingerprint density at radius 2 is 2.03 bits per heavy atom. The number of fused-ring (bicyclic) bond motifs is 1. The molecule has 0 aliphatic carbocycles. The summed E-state index contributed by atoms with van der Waals surface area (Å²) in [7, 11) is 0. The number of nitrogens with one attached hydrogen (secondary N) is 2. The number of hydrogen-bond donors (Lipinski definition) is 2. The largest absolute Gasteiger partial charge is 0.494 e. The minimum Gasteiger partial charge on any atom is -0.494 e. The van der Waals surface area contributed by atoms with Crippen LogP contribution in [0.5, 0.6) is 5.75 Å². The van der Waals surface area contributed by atoms with Crippen molar-refractivity contribution in [2.45, 2.75) is 32.2 Å². The molecule has 178 valence electrons. The summed E-state index contributed by atoms with van der Waals surface area (Å²) in [5.74, 6) is 1.25. The lowest BCUT2D eigenvalue weighted by Crippen LogP contribution is -2.32. The lowest BCUT2D eigenvalue weighted by Gasteiger charge is -2.31. The van der Waals surface area contributed by atoms with Gasteiger partial charge in [0.25, 0.3) is 5.91 Å². The molecule has 1 fully saturated rings. The first kappa shape index (κ1) is 23.0. The summed E-state index contributed by atoms with van der Waals surface area (Å²) in [6.45, 7) is 5.37. The van der Waals surface area contributed by atoms with Gasteiger partial charge in [-0.25, -0.2) is 9.97 Å². The Morgan fingerprint density at radius 1 is 1.23 bits per heavy atom. The van der Waals surface area contributed by atoms with Gasteiger partial charge in [0.2, 0.25) is 5.95 Å². The number of H-pyrrole nitrogens is 1. The van der Waals surface area contributed by atoms with Gasteiger partial charge in [-0.2, -0.15) is 5.26 Å². The molecule has 0 spiro atoms. The molecule has 4 aromatic rings. The zero-order valence-corrected chi connectivity index (χ0v) is 20.3. The van der Waals surface area contributed by atoms with Crippen LogP contribution >= 0.6 is 11.3 Å². The number of nitriles is 1. The Balaban J connectivity index is 1.16. The number of nitrogens with zero attached hydrogens (tertiary/aromatic N) is 4. The summed E-state index contributed by atoms with van der Waals surface area (Å²) < 4.78 is 5.52. The number of carbonyl (C=O) groups excluding carboxylic acids is 1. The minimum atomic E-state index is -0.269. The number of piperidine rings is 1. The van der Waals surface area contributed by atoms with Crippen molar-refractivity contribution in [2.75, 3.05) is 25.0 Å². The molecule has 35 heavy (non-hydrogen) atoms. The summed E-state index contributed by atoms with van der Waals surface area (Å²) in [4.78, 5) is 27.4. The molecule has 2 aromatic heterocycles. The highest BCUT2D eigenvalue weighted by atomic mass is 32.1. The highest BCUT2D eigenvalue weighted by Gasteiger charge is 2.24. The van der Waals surface area contributed by atoms with Gasteiger partial charge < -0.3 is 9.72 Å². The predicted molar refractivity (Wildman–Crippen MR) is 136 cm³/mol. The molecule has 1 aliphatic heterocycles. The van der Waals surface area contributed by atoms with Gasteiger partial charge in [-0.15, -0.1) is 11.3 Å². The molecule has 2 aromatic carbocycles. The average molecular weight is 487 g/mol. The van der Waals surface area contributed by atoms with Crippen LogP contribution in [-0.4, -0.2) is 45.5 Å². The maximum absolute atomic E-state index is 12.8.